The van der Waals surface area contributed by atoms with Crippen molar-refractivity contribution in [2.75, 3.05) is 7.05 Å². The molecule has 0 fully saturated rings. The number of aryl methyl sites for hydroxylation is 1. The molecule has 0 saturated carbocycles. The number of aromatic nitrogens is 4. The second-order valence-corrected chi connectivity index (χ2v) is 7.09. The van der Waals surface area contributed by atoms with Crippen molar-refractivity contribution in [1.29, 1.82) is 0 Å². The second-order valence-electron chi connectivity index (χ2n) is 7.09. The van der Waals surface area contributed by atoms with Gasteiger partial charge in [0, 0.05) is 24.7 Å². The van der Waals surface area contributed by atoms with Crippen LogP contribution in [0.5, 0.6) is 5.75 Å². The Balaban J connectivity index is 1.38. The summed E-state index contributed by atoms with van der Waals surface area (Å²) in [5.74, 6) is 0.881. The molecule has 0 saturated heterocycles. The van der Waals surface area contributed by atoms with Gasteiger partial charge in [-0.1, -0.05) is 36.7 Å². The molecule has 0 atom stereocenters. The second kappa shape index (κ2) is 8.77. The molecule has 0 unspecified atom stereocenters. The number of carbonyl (C=O) groups excluding carboxylic acids is 1. The number of para-hydroxylation sites is 1. The number of hydrogen-bond acceptors (Lipinski definition) is 6. The molecule has 154 valence electrons. The summed E-state index contributed by atoms with van der Waals surface area (Å²) in [5.41, 5.74) is 2.89. The molecule has 0 spiro atoms. The zero-order chi connectivity index (χ0) is 20.9. The third kappa shape index (κ3) is 4.32. The monoisotopic (exact) mass is 405 g/mol. The normalized spacial score (nSPS) is 11.0. The quantitative estimate of drug-likeness (QED) is 0.479. The van der Waals surface area contributed by atoms with Crippen molar-refractivity contribution in [1.82, 2.24) is 25.2 Å². The zero-order valence-electron chi connectivity index (χ0n) is 17.0. The Labute approximate surface area is 173 Å². The Morgan fingerprint density at radius 2 is 2.10 bits per heavy atom. The van der Waals surface area contributed by atoms with E-state index in [2.05, 4.69) is 27.3 Å². The molecule has 8 heteroatoms. The number of benzene rings is 1. The molecule has 0 aliphatic heterocycles. The van der Waals surface area contributed by atoms with Crippen LogP contribution in [-0.2, 0) is 19.6 Å². The Kier molecular flexibility index (Phi) is 5.74. The summed E-state index contributed by atoms with van der Waals surface area (Å²) in [6, 6.07) is 13.2. The van der Waals surface area contributed by atoms with Crippen molar-refractivity contribution in [3.63, 3.8) is 0 Å². The van der Waals surface area contributed by atoms with Crippen LogP contribution in [-0.4, -0.2) is 38.2 Å². The van der Waals surface area contributed by atoms with Crippen LogP contribution < -0.4 is 4.74 Å². The van der Waals surface area contributed by atoms with Gasteiger partial charge in [0.2, 0.25) is 0 Å². The average molecular weight is 405 g/mol. The van der Waals surface area contributed by atoms with Crippen molar-refractivity contribution >= 4 is 16.8 Å². The lowest BCUT2D eigenvalue weighted by atomic mass is 10.2. The van der Waals surface area contributed by atoms with E-state index in [0.717, 1.165) is 35.1 Å². The minimum atomic E-state index is -0.233. The average Bonchev–Trinajstić information content (AvgIpc) is 3.41. The summed E-state index contributed by atoms with van der Waals surface area (Å²) >= 11 is 0. The number of aromatic amines is 1. The summed E-state index contributed by atoms with van der Waals surface area (Å²) in [6.45, 7) is 2.67. The molecule has 1 aromatic carbocycles. The summed E-state index contributed by atoms with van der Waals surface area (Å²) in [7, 11) is 1.72. The number of rotatable bonds is 8. The minimum Gasteiger partial charge on any atom is -0.483 e. The molecule has 0 bridgehead atoms. The Hall–Kier alpha value is -3.68. The van der Waals surface area contributed by atoms with Crippen molar-refractivity contribution in [3.05, 3.63) is 71.5 Å². The Morgan fingerprint density at radius 1 is 1.23 bits per heavy atom. The van der Waals surface area contributed by atoms with Crippen LogP contribution >= 0.6 is 0 Å². The molecule has 1 N–H and O–H groups in total. The number of H-pyrrole nitrogens is 1. The lowest BCUT2D eigenvalue weighted by molar-refractivity contribution is 0.0772. The number of pyridine rings is 1. The van der Waals surface area contributed by atoms with Gasteiger partial charge in [-0.05, 0) is 24.6 Å². The Morgan fingerprint density at radius 3 is 2.97 bits per heavy atom. The summed E-state index contributed by atoms with van der Waals surface area (Å²) in [6.07, 6.45) is 3.66. The third-order valence-electron chi connectivity index (χ3n) is 4.69. The molecule has 4 aromatic rings. The van der Waals surface area contributed by atoms with Gasteiger partial charge in [-0.15, -0.1) is 0 Å². The number of hydrogen-bond donors (Lipinski definition) is 1. The lowest BCUT2D eigenvalue weighted by Crippen LogP contribution is -2.26. The van der Waals surface area contributed by atoms with E-state index in [1.807, 2.05) is 36.4 Å². The van der Waals surface area contributed by atoms with E-state index < -0.39 is 0 Å². The fourth-order valence-corrected chi connectivity index (χ4v) is 3.22. The van der Waals surface area contributed by atoms with Crippen molar-refractivity contribution in [3.8, 4) is 5.75 Å². The first-order valence-corrected chi connectivity index (χ1v) is 9.85. The van der Waals surface area contributed by atoms with Crippen molar-refractivity contribution in [2.45, 2.75) is 32.9 Å². The van der Waals surface area contributed by atoms with Gasteiger partial charge in [0.05, 0.1) is 17.9 Å². The van der Waals surface area contributed by atoms with E-state index >= 15 is 0 Å². The molecule has 0 radical (unpaired) electrons. The van der Waals surface area contributed by atoms with Crippen LogP contribution in [0.2, 0.25) is 0 Å². The number of fused-ring (bicyclic) bond motifs is 1. The highest BCUT2D eigenvalue weighted by molar-refractivity contribution is 5.92. The van der Waals surface area contributed by atoms with E-state index in [-0.39, 0.29) is 18.2 Å². The maximum Gasteiger partial charge on any atom is 0.276 e. The van der Waals surface area contributed by atoms with E-state index in [1.165, 1.54) is 0 Å². The predicted molar refractivity (Wildman–Crippen MR) is 111 cm³/mol. The topological polar surface area (TPSA) is 97.1 Å². The molecular weight excluding hydrogens is 382 g/mol. The van der Waals surface area contributed by atoms with Crippen LogP contribution in [0.4, 0.5) is 0 Å². The van der Waals surface area contributed by atoms with Crippen LogP contribution in [0.25, 0.3) is 10.9 Å². The van der Waals surface area contributed by atoms with E-state index in [1.54, 1.807) is 24.2 Å². The number of nitrogens with zero attached hydrogens (tertiary/aromatic N) is 4. The maximum absolute atomic E-state index is 12.7. The first-order valence-electron chi connectivity index (χ1n) is 9.85. The molecule has 3 heterocycles. The van der Waals surface area contributed by atoms with Gasteiger partial charge < -0.3 is 14.2 Å². The van der Waals surface area contributed by atoms with Gasteiger partial charge in [-0.2, -0.15) is 5.10 Å². The van der Waals surface area contributed by atoms with Gasteiger partial charge in [0.25, 0.3) is 5.91 Å². The van der Waals surface area contributed by atoms with Gasteiger partial charge >= 0.3 is 0 Å². The fraction of sp³-hybridized carbons (Fsp3) is 0.273. The number of nitrogens with one attached hydrogen (secondary N) is 1. The van der Waals surface area contributed by atoms with Crippen molar-refractivity contribution < 1.29 is 14.1 Å². The van der Waals surface area contributed by atoms with Gasteiger partial charge in [0.15, 0.2) is 11.5 Å². The first-order chi connectivity index (χ1) is 14.6. The maximum atomic E-state index is 12.7. The summed E-state index contributed by atoms with van der Waals surface area (Å²) < 4.78 is 11.1. The van der Waals surface area contributed by atoms with Crippen LogP contribution in [0.1, 0.15) is 41.0 Å². The molecule has 3 aromatic heterocycles. The summed E-state index contributed by atoms with van der Waals surface area (Å²) in [5, 5.41) is 12.1. The van der Waals surface area contributed by atoms with E-state index in [9.17, 15) is 4.79 Å². The predicted octanol–water partition coefficient (Wildman–Crippen LogP) is 3.75. The number of amides is 1. The molecule has 30 heavy (non-hydrogen) atoms. The van der Waals surface area contributed by atoms with Crippen LogP contribution in [0.15, 0.2) is 53.2 Å². The fourth-order valence-electron chi connectivity index (χ4n) is 3.22. The van der Waals surface area contributed by atoms with Crippen molar-refractivity contribution in [2.24, 2.45) is 0 Å². The van der Waals surface area contributed by atoms with Crippen LogP contribution in [0.3, 0.4) is 0 Å². The third-order valence-corrected chi connectivity index (χ3v) is 4.69. The number of carbonyl (C=O) groups is 1. The standard InChI is InChI=1S/C22H23N5O3/c1-3-6-16-11-17(25-24-16)13-27(2)22(28)19-12-18(30-26-19)14-29-20-9-4-7-15-8-5-10-23-21(15)20/h4-5,7-12H,3,6,13-14H2,1-2H3,(H,24,25). The van der Waals surface area contributed by atoms with Crippen LogP contribution in [0, 0.1) is 0 Å². The zero-order valence-corrected chi connectivity index (χ0v) is 17.0. The molecule has 4 rings (SSSR count). The molecule has 0 aliphatic rings. The SMILES string of the molecule is CCCc1cc(CN(C)C(=O)c2cc(COc3cccc4cccnc34)on2)[nH]n1. The number of ether oxygens (including phenoxy) is 1. The van der Waals surface area contributed by atoms with Gasteiger partial charge in [-0.25, -0.2) is 0 Å². The van der Waals surface area contributed by atoms with E-state index in [4.69, 9.17) is 9.26 Å². The highest BCUT2D eigenvalue weighted by atomic mass is 16.5. The first kappa shape index (κ1) is 19.6. The largest absolute Gasteiger partial charge is 0.483 e. The smallest absolute Gasteiger partial charge is 0.276 e. The highest BCUT2D eigenvalue weighted by Crippen LogP contribution is 2.24. The van der Waals surface area contributed by atoms with E-state index in [0.29, 0.717) is 18.1 Å². The van der Waals surface area contributed by atoms with Gasteiger partial charge in [-0.3, -0.25) is 14.9 Å². The minimum absolute atomic E-state index is 0.153. The van der Waals surface area contributed by atoms with Gasteiger partial charge in [0.1, 0.15) is 17.9 Å². The lowest BCUT2D eigenvalue weighted by Gasteiger charge is -2.13. The Bertz CT molecular complexity index is 1150. The summed E-state index contributed by atoms with van der Waals surface area (Å²) in [4.78, 5) is 18.6. The molecule has 8 nitrogen and oxygen atoms in total. The highest BCUT2D eigenvalue weighted by Gasteiger charge is 2.18. The molecule has 0 aliphatic carbocycles. The molecular formula is C22H23N5O3. The molecule has 1 amide bonds.